The van der Waals surface area contributed by atoms with Crippen LogP contribution >= 0.6 is 23.2 Å². The first kappa shape index (κ1) is 25.8. The molecule has 7 nitrogen and oxygen atoms in total. The zero-order chi connectivity index (χ0) is 25.2. The monoisotopic (exact) mass is 514 g/mol. The third-order valence-electron chi connectivity index (χ3n) is 4.45. The number of esters is 3. The van der Waals surface area contributed by atoms with E-state index < -0.39 is 17.9 Å². The molecule has 0 aliphatic carbocycles. The Morgan fingerprint density at radius 3 is 2.06 bits per heavy atom. The third-order valence-corrected chi connectivity index (χ3v) is 5.00. The Balaban J connectivity index is 1.52. The summed E-state index contributed by atoms with van der Waals surface area (Å²) in [5.41, 5.74) is 0.463. The van der Waals surface area contributed by atoms with Crippen LogP contribution in [-0.2, 0) is 9.53 Å². The average molecular weight is 515 g/mol. The van der Waals surface area contributed by atoms with E-state index in [1.54, 1.807) is 48.5 Å². The van der Waals surface area contributed by atoms with Crippen molar-refractivity contribution in [2.45, 2.75) is 6.42 Å². The summed E-state index contributed by atoms with van der Waals surface area (Å²) in [6.45, 7) is 3.86. The van der Waals surface area contributed by atoms with Crippen LogP contribution in [-0.4, -0.2) is 31.1 Å². The maximum absolute atomic E-state index is 12.5. The molecule has 180 valence electrons. The molecule has 3 aromatic carbocycles. The molecule has 0 unspecified atom stereocenters. The predicted octanol–water partition coefficient (Wildman–Crippen LogP) is 5.93. The Labute approximate surface area is 211 Å². The van der Waals surface area contributed by atoms with Gasteiger partial charge in [0.15, 0.2) is 0 Å². The molecule has 0 bridgehead atoms. The smallest absolute Gasteiger partial charge is 0.343 e. The molecule has 35 heavy (non-hydrogen) atoms. The van der Waals surface area contributed by atoms with E-state index in [2.05, 4.69) is 6.58 Å². The van der Waals surface area contributed by atoms with E-state index >= 15 is 0 Å². The van der Waals surface area contributed by atoms with Crippen molar-refractivity contribution in [3.63, 3.8) is 0 Å². The fourth-order valence-electron chi connectivity index (χ4n) is 2.71. The minimum Gasteiger partial charge on any atom is -0.493 e. The highest BCUT2D eigenvalue weighted by atomic mass is 35.5. The van der Waals surface area contributed by atoms with Crippen molar-refractivity contribution in [2.24, 2.45) is 0 Å². The zero-order valence-electron chi connectivity index (χ0n) is 18.4. The van der Waals surface area contributed by atoms with Crippen molar-refractivity contribution in [3.8, 4) is 17.2 Å². The molecular weight excluding hydrogens is 495 g/mol. The van der Waals surface area contributed by atoms with Crippen molar-refractivity contribution >= 4 is 41.1 Å². The normalized spacial score (nSPS) is 10.2. The molecular formula is C26H20Cl2O7. The fourth-order valence-corrected chi connectivity index (χ4v) is 3.05. The number of hydrogen-bond donors (Lipinski definition) is 0. The number of ether oxygens (including phenoxy) is 4. The summed E-state index contributed by atoms with van der Waals surface area (Å²) in [7, 11) is 0. The van der Waals surface area contributed by atoms with Crippen LogP contribution in [0.1, 0.15) is 27.1 Å². The lowest BCUT2D eigenvalue weighted by Gasteiger charge is -2.10. The lowest BCUT2D eigenvalue weighted by atomic mass is 10.2. The van der Waals surface area contributed by atoms with Crippen LogP contribution in [0.15, 0.2) is 79.4 Å². The predicted molar refractivity (Wildman–Crippen MR) is 131 cm³/mol. The number of halogens is 2. The van der Waals surface area contributed by atoms with Gasteiger partial charge in [-0.1, -0.05) is 29.8 Å². The Morgan fingerprint density at radius 2 is 1.40 bits per heavy atom. The van der Waals surface area contributed by atoms with Gasteiger partial charge in [-0.25, -0.2) is 14.4 Å². The van der Waals surface area contributed by atoms with Crippen LogP contribution in [0.4, 0.5) is 0 Å². The maximum atomic E-state index is 12.5. The molecule has 0 N–H and O–H groups in total. The lowest BCUT2D eigenvalue weighted by molar-refractivity contribution is -0.137. The first-order valence-electron chi connectivity index (χ1n) is 10.4. The van der Waals surface area contributed by atoms with Crippen molar-refractivity contribution in [2.75, 3.05) is 13.2 Å². The SMILES string of the molecule is C=CC(=O)OCCCOc1ccc(C(=O)Oc2ccc(C(=O)Oc3ccc(Cl)cc3)cc2Cl)cc1. The summed E-state index contributed by atoms with van der Waals surface area (Å²) in [5, 5.41) is 0.589. The second kappa shape index (κ2) is 12.6. The lowest BCUT2D eigenvalue weighted by Crippen LogP contribution is -2.11. The van der Waals surface area contributed by atoms with E-state index in [0.717, 1.165) is 6.08 Å². The van der Waals surface area contributed by atoms with E-state index in [9.17, 15) is 14.4 Å². The van der Waals surface area contributed by atoms with Gasteiger partial charge < -0.3 is 18.9 Å². The van der Waals surface area contributed by atoms with E-state index in [1.165, 1.54) is 18.2 Å². The molecule has 0 aliphatic heterocycles. The largest absolute Gasteiger partial charge is 0.493 e. The molecule has 0 radical (unpaired) electrons. The highest BCUT2D eigenvalue weighted by Gasteiger charge is 2.15. The molecule has 0 saturated carbocycles. The minimum absolute atomic E-state index is 0.0704. The number of rotatable bonds is 10. The van der Waals surface area contributed by atoms with E-state index in [4.69, 9.17) is 42.1 Å². The van der Waals surface area contributed by atoms with Gasteiger partial charge in [0.2, 0.25) is 0 Å². The van der Waals surface area contributed by atoms with Crippen LogP contribution in [0.2, 0.25) is 10.0 Å². The van der Waals surface area contributed by atoms with Crippen molar-refractivity contribution in [1.29, 1.82) is 0 Å². The second-order valence-corrected chi connectivity index (χ2v) is 7.82. The number of benzene rings is 3. The summed E-state index contributed by atoms with van der Waals surface area (Å²) in [6.07, 6.45) is 1.60. The van der Waals surface area contributed by atoms with Gasteiger partial charge in [0.05, 0.1) is 29.4 Å². The molecule has 0 fully saturated rings. The average Bonchev–Trinajstić information content (AvgIpc) is 2.86. The van der Waals surface area contributed by atoms with Crippen LogP contribution in [0.3, 0.4) is 0 Å². The second-order valence-electron chi connectivity index (χ2n) is 6.98. The molecule has 9 heteroatoms. The number of carbonyl (C=O) groups excluding carboxylic acids is 3. The minimum atomic E-state index is -0.633. The standard InChI is InChI=1S/C26H20Cl2O7/c1-2-24(29)33-15-3-14-32-20-9-4-17(5-10-20)25(30)35-23-13-6-18(16-22(23)28)26(31)34-21-11-7-19(27)8-12-21/h2,4-13,16H,1,3,14-15H2. The van der Waals surface area contributed by atoms with Gasteiger partial charge in [-0.15, -0.1) is 0 Å². The van der Waals surface area contributed by atoms with Gasteiger partial charge in [0, 0.05) is 17.5 Å². The Kier molecular flexibility index (Phi) is 9.29. The van der Waals surface area contributed by atoms with E-state index in [1.807, 2.05) is 0 Å². The van der Waals surface area contributed by atoms with Crippen molar-refractivity contribution in [3.05, 3.63) is 101 Å². The summed E-state index contributed by atoms with van der Waals surface area (Å²) in [5.74, 6) is -0.782. The summed E-state index contributed by atoms with van der Waals surface area (Å²) in [6, 6.07) is 16.8. The fraction of sp³-hybridized carbons (Fsp3) is 0.115. The number of hydrogen-bond acceptors (Lipinski definition) is 7. The molecule has 0 spiro atoms. The van der Waals surface area contributed by atoms with Crippen molar-refractivity contribution < 1.29 is 33.3 Å². The van der Waals surface area contributed by atoms with Gasteiger partial charge in [-0.05, 0) is 66.7 Å². The van der Waals surface area contributed by atoms with Crippen molar-refractivity contribution in [1.82, 2.24) is 0 Å². The van der Waals surface area contributed by atoms with E-state index in [0.29, 0.717) is 29.5 Å². The van der Waals surface area contributed by atoms with Crippen LogP contribution in [0, 0.1) is 0 Å². The van der Waals surface area contributed by atoms with Gasteiger partial charge >= 0.3 is 17.9 Å². The maximum Gasteiger partial charge on any atom is 0.343 e. The summed E-state index contributed by atoms with van der Waals surface area (Å²) in [4.78, 5) is 35.8. The Bertz CT molecular complexity index is 1210. The Hall–Kier alpha value is -3.81. The third kappa shape index (κ3) is 7.88. The highest BCUT2D eigenvalue weighted by molar-refractivity contribution is 6.32. The molecule has 0 aliphatic rings. The molecule has 0 atom stereocenters. The molecule has 3 aromatic rings. The quantitative estimate of drug-likeness (QED) is 0.143. The number of carbonyl (C=O) groups is 3. The van der Waals surface area contributed by atoms with Gasteiger partial charge in [0.25, 0.3) is 0 Å². The molecule has 0 aromatic heterocycles. The zero-order valence-corrected chi connectivity index (χ0v) is 19.9. The van der Waals surface area contributed by atoms with Crippen LogP contribution in [0.5, 0.6) is 17.2 Å². The summed E-state index contributed by atoms with van der Waals surface area (Å²) >= 11 is 12.0. The van der Waals surface area contributed by atoms with Crippen LogP contribution < -0.4 is 14.2 Å². The van der Waals surface area contributed by atoms with Gasteiger partial charge in [0.1, 0.15) is 17.2 Å². The molecule has 0 saturated heterocycles. The highest BCUT2D eigenvalue weighted by Crippen LogP contribution is 2.27. The van der Waals surface area contributed by atoms with Crippen LogP contribution in [0.25, 0.3) is 0 Å². The van der Waals surface area contributed by atoms with Gasteiger partial charge in [-0.3, -0.25) is 0 Å². The first-order chi connectivity index (χ1) is 16.9. The molecule has 0 heterocycles. The van der Waals surface area contributed by atoms with E-state index in [-0.39, 0.29) is 28.5 Å². The first-order valence-corrected chi connectivity index (χ1v) is 11.1. The molecule has 0 amide bonds. The summed E-state index contributed by atoms with van der Waals surface area (Å²) < 4.78 is 21.0. The Morgan fingerprint density at radius 1 is 0.771 bits per heavy atom. The topological polar surface area (TPSA) is 88.1 Å². The molecule has 3 rings (SSSR count). The van der Waals surface area contributed by atoms with Gasteiger partial charge in [-0.2, -0.15) is 0 Å².